The first-order valence-electron chi connectivity index (χ1n) is 5.73. The van der Waals surface area contributed by atoms with Gasteiger partial charge in [0.05, 0.1) is 6.61 Å². The van der Waals surface area contributed by atoms with Gasteiger partial charge in [-0.15, -0.1) is 0 Å². The third-order valence-electron chi connectivity index (χ3n) is 2.79. The molecule has 0 heterocycles. The number of carbonyl (C=O) groups is 2. The van der Waals surface area contributed by atoms with Gasteiger partial charge in [-0.2, -0.15) is 0 Å². The van der Waals surface area contributed by atoms with Crippen molar-refractivity contribution in [2.24, 2.45) is 0 Å². The smallest absolute Gasteiger partial charge is 0.190 e. The molecule has 0 atom stereocenters. The summed E-state index contributed by atoms with van der Waals surface area (Å²) in [6, 6.07) is 5.03. The normalized spacial score (nSPS) is 14.4. The highest BCUT2D eigenvalue weighted by molar-refractivity contribution is 6.24. The van der Waals surface area contributed by atoms with E-state index in [4.69, 9.17) is 4.74 Å². The van der Waals surface area contributed by atoms with E-state index in [9.17, 15) is 9.59 Å². The molecular formula is C14H14O3. The molecule has 0 amide bonds. The van der Waals surface area contributed by atoms with Crippen LogP contribution in [-0.2, 0) is 0 Å². The third-order valence-corrected chi connectivity index (χ3v) is 2.79. The predicted octanol–water partition coefficient (Wildman–Crippen LogP) is 2.80. The highest BCUT2D eigenvalue weighted by Gasteiger charge is 2.24. The number of ether oxygens (including phenoxy) is 1. The van der Waals surface area contributed by atoms with E-state index in [2.05, 4.69) is 0 Å². The Morgan fingerprint density at radius 2 is 1.88 bits per heavy atom. The van der Waals surface area contributed by atoms with Crippen LogP contribution in [0.3, 0.4) is 0 Å². The molecule has 0 aromatic heterocycles. The van der Waals surface area contributed by atoms with Crippen LogP contribution in [0.25, 0.3) is 0 Å². The van der Waals surface area contributed by atoms with Crippen molar-refractivity contribution in [1.82, 2.24) is 0 Å². The Balaban J connectivity index is 2.49. The molecule has 1 aliphatic rings. The largest absolute Gasteiger partial charge is 0.494 e. The number of carbonyl (C=O) groups excluding carboxylic acids is 2. The zero-order valence-electron chi connectivity index (χ0n) is 9.95. The highest BCUT2D eigenvalue weighted by atomic mass is 16.5. The van der Waals surface area contributed by atoms with Gasteiger partial charge in [0.1, 0.15) is 5.75 Å². The third kappa shape index (κ3) is 2.00. The van der Waals surface area contributed by atoms with Crippen LogP contribution in [0.1, 0.15) is 41.0 Å². The molecule has 0 bridgehead atoms. The summed E-state index contributed by atoms with van der Waals surface area (Å²) < 4.78 is 5.34. The van der Waals surface area contributed by atoms with Crippen LogP contribution in [0.5, 0.6) is 5.75 Å². The van der Waals surface area contributed by atoms with Crippen molar-refractivity contribution in [3.8, 4) is 5.75 Å². The molecule has 0 N–H and O–H groups in total. The molecule has 1 aromatic rings. The molecule has 2 rings (SSSR count). The van der Waals surface area contributed by atoms with Crippen LogP contribution in [0.2, 0.25) is 0 Å². The molecule has 0 radical (unpaired) electrons. The molecular weight excluding hydrogens is 216 g/mol. The quantitative estimate of drug-likeness (QED) is 0.801. The van der Waals surface area contributed by atoms with Crippen molar-refractivity contribution < 1.29 is 14.3 Å². The Bertz CT molecular complexity index is 512. The van der Waals surface area contributed by atoms with Crippen LogP contribution in [0.4, 0.5) is 0 Å². The van der Waals surface area contributed by atoms with E-state index in [-0.39, 0.29) is 11.6 Å². The number of benzene rings is 1. The molecule has 0 aliphatic heterocycles. The Morgan fingerprint density at radius 3 is 2.53 bits per heavy atom. The summed E-state index contributed by atoms with van der Waals surface area (Å²) in [6.45, 7) is 4.29. The van der Waals surface area contributed by atoms with Crippen molar-refractivity contribution in [1.29, 1.82) is 0 Å². The zero-order valence-corrected chi connectivity index (χ0v) is 9.95. The molecule has 3 heteroatoms. The summed E-state index contributed by atoms with van der Waals surface area (Å²) in [4.78, 5) is 23.9. The van der Waals surface area contributed by atoms with Crippen LogP contribution >= 0.6 is 0 Å². The molecule has 3 nitrogen and oxygen atoms in total. The lowest BCUT2D eigenvalue weighted by molar-refractivity contribution is 0.0981. The SMILES string of the molecule is CCOc1ccc2c(c1)C(=O)C(CC)=CC2=O. The van der Waals surface area contributed by atoms with Gasteiger partial charge in [-0.05, 0) is 37.6 Å². The van der Waals surface area contributed by atoms with E-state index in [1.165, 1.54) is 6.08 Å². The van der Waals surface area contributed by atoms with Gasteiger partial charge in [-0.1, -0.05) is 6.92 Å². The second-order valence-electron chi connectivity index (χ2n) is 3.86. The Hall–Kier alpha value is -1.90. The van der Waals surface area contributed by atoms with Gasteiger partial charge >= 0.3 is 0 Å². The van der Waals surface area contributed by atoms with E-state index in [1.807, 2.05) is 13.8 Å². The van der Waals surface area contributed by atoms with E-state index >= 15 is 0 Å². The summed E-state index contributed by atoms with van der Waals surface area (Å²) in [5.41, 5.74) is 1.49. The van der Waals surface area contributed by atoms with Crippen molar-refractivity contribution in [3.05, 3.63) is 41.0 Å². The minimum Gasteiger partial charge on any atom is -0.494 e. The molecule has 0 saturated heterocycles. The van der Waals surface area contributed by atoms with Gasteiger partial charge < -0.3 is 4.74 Å². The van der Waals surface area contributed by atoms with E-state index in [1.54, 1.807) is 18.2 Å². The first-order valence-corrected chi connectivity index (χ1v) is 5.73. The van der Waals surface area contributed by atoms with Gasteiger partial charge in [0.25, 0.3) is 0 Å². The fraction of sp³-hybridized carbons (Fsp3) is 0.286. The van der Waals surface area contributed by atoms with Crippen molar-refractivity contribution in [2.75, 3.05) is 6.61 Å². The van der Waals surface area contributed by atoms with Gasteiger partial charge in [-0.3, -0.25) is 9.59 Å². The fourth-order valence-electron chi connectivity index (χ4n) is 1.92. The average Bonchev–Trinajstić information content (AvgIpc) is 2.34. The predicted molar refractivity (Wildman–Crippen MR) is 64.6 cm³/mol. The molecule has 88 valence electrons. The number of allylic oxidation sites excluding steroid dienone is 2. The molecule has 0 unspecified atom stereocenters. The molecule has 0 spiro atoms. The summed E-state index contributed by atoms with van der Waals surface area (Å²) in [6.07, 6.45) is 2.01. The maximum Gasteiger partial charge on any atom is 0.190 e. The second-order valence-corrected chi connectivity index (χ2v) is 3.86. The minimum absolute atomic E-state index is 0.0661. The molecule has 1 aliphatic carbocycles. The monoisotopic (exact) mass is 230 g/mol. The maximum absolute atomic E-state index is 12.1. The topological polar surface area (TPSA) is 43.4 Å². The number of rotatable bonds is 3. The van der Waals surface area contributed by atoms with Crippen LogP contribution in [0, 0.1) is 0 Å². The van der Waals surface area contributed by atoms with Crippen molar-refractivity contribution in [3.63, 3.8) is 0 Å². The summed E-state index contributed by atoms with van der Waals surface area (Å²) in [7, 11) is 0. The lowest BCUT2D eigenvalue weighted by atomic mass is 9.88. The van der Waals surface area contributed by atoms with Gasteiger partial charge in [0.2, 0.25) is 0 Å². The Labute approximate surface area is 100 Å². The van der Waals surface area contributed by atoms with E-state index in [0.717, 1.165) is 0 Å². The zero-order chi connectivity index (χ0) is 12.4. The summed E-state index contributed by atoms with van der Waals surface area (Å²) >= 11 is 0. The Kier molecular flexibility index (Phi) is 3.09. The van der Waals surface area contributed by atoms with Crippen molar-refractivity contribution in [2.45, 2.75) is 20.3 Å². The Morgan fingerprint density at radius 1 is 1.12 bits per heavy atom. The number of Topliss-reactive ketones (excluding diaryl/α,β-unsaturated/α-hetero) is 1. The van der Waals surface area contributed by atoms with Gasteiger partial charge in [-0.25, -0.2) is 0 Å². The first-order chi connectivity index (χ1) is 8.17. The number of hydrogen-bond acceptors (Lipinski definition) is 3. The fourth-order valence-corrected chi connectivity index (χ4v) is 1.92. The number of fused-ring (bicyclic) bond motifs is 1. The highest BCUT2D eigenvalue weighted by Crippen LogP contribution is 2.26. The molecule has 1 aromatic carbocycles. The molecule has 0 fully saturated rings. The van der Waals surface area contributed by atoms with Gasteiger partial charge in [0.15, 0.2) is 11.6 Å². The van der Waals surface area contributed by atoms with Gasteiger partial charge in [0, 0.05) is 16.7 Å². The molecule has 0 saturated carbocycles. The number of hydrogen-bond donors (Lipinski definition) is 0. The second kappa shape index (κ2) is 4.53. The summed E-state index contributed by atoms with van der Waals surface area (Å²) in [5, 5.41) is 0. The lowest BCUT2D eigenvalue weighted by Crippen LogP contribution is -2.16. The number of ketones is 2. The lowest BCUT2D eigenvalue weighted by Gasteiger charge is -2.15. The summed E-state index contributed by atoms with van der Waals surface area (Å²) in [5.74, 6) is 0.466. The van der Waals surface area contributed by atoms with E-state index in [0.29, 0.717) is 35.5 Å². The minimum atomic E-state index is -0.0977. The van der Waals surface area contributed by atoms with Crippen LogP contribution in [-0.4, -0.2) is 18.2 Å². The first kappa shape index (κ1) is 11.6. The standard InChI is InChI=1S/C14H14O3/c1-3-9-7-13(15)11-6-5-10(17-4-2)8-12(11)14(9)16/h5-8H,3-4H2,1-2H3. The van der Waals surface area contributed by atoms with E-state index < -0.39 is 0 Å². The maximum atomic E-state index is 12.1. The molecule has 17 heavy (non-hydrogen) atoms. The van der Waals surface area contributed by atoms with Crippen LogP contribution in [0.15, 0.2) is 29.8 Å². The van der Waals surface area contributed by atoms with Crippen molar-refractivity contribution >= 4 is 11.6 Å². The van der Waals surface area contributed by atoms with Crippen LogP contribution < -0.4 is 4.74 Å². The average molecular weight is 230 g/mol.